The molecule has 0 saturated carbocycles. The van der Waals surface area contributed by atoms with Crippen LogP contribution in [0.15, 0.2) is 36.9 Å². The second-order valence-corrected chi connectivity index (χ2v) is 5.77. The van der Waals surface area contributed by atoms with Crippen molar-refractivity contribution in [2.45, 2.75) is 20.4 Å². The molecule has 1 N–H and O–H groups in total. The number of thiazole rings is 1. The Morgan fingerprint density at radius 2 is 2.05 bits per heavy atom. The van der Waals surface area contributed by atoms with Crippen LogP contribution >= 0.6 is 11.3 Å². The van der Waals surface area contributed by atoms with Crippen molar-refractivity contribution >= 4 is 17.0 Å². The van der Waals surface area contributed by atoms with E-state index in [1.807, 2.05) is 49.1 Å². The molecule has 5 nitrogen and oxygen atoms in total. The Morgan fingerprint density at radius 1 is 1.15 bits per heavy atom. The molecule has 3 aromatic rings. The molecule has 0 fully saturated rings. The largest absolute Gasteiger partial charge is 0.379 e. The van der Waals surface area contributed by atoms with Crippen molar-refractivity contribution in [1.29, 1.82) is 0 Å². The zero-order chi connectivity index (χ0) is 13.9. The van der Waals surface area contributed by atoms with Gasteiger partial charge in [-0.1, -0.05) is 0 Å². The summed E-state index contributed by atoms with van der Waals surface area (Å²) in [5, 5.41) is 4.43. The van der Waals surface area contributed by atoms with E-state index >= 15 is 0 Å². The molecular formula is C14H15N5S. The van der Waals surface area contributed by atoms with E-state index in [-0.39, 0.29) is 0 Å². The predicted molar refractivity (Wildman–Crippen MR) is 80.3 cm³/mol. The first-order valence-electron chi connectivity index (χ1n) is 6.34. The van der Waals surface area contributed by atoms with Crippen molar-refractivity contribution in [3.63, 3.8) is 0 Å². The van der Waals surface area contributed by atoms with Crippen molar-refractivity contribution in [3.8, 4) is 5.82 Å². The van der Waals surface area contributed by atoms with Gasteiger partial charge in [-0.05, 0) is 26.0 Å². The minimum atomic E-state index is 0.774. The van der Waals surface area contributed by atoms with Gasteiger partial charge in [0.2, 0.25) is 0 Å². The van der Waals surface area contributed by atoms with E-state index in [9.17, 15) is 0 Å². The minimum absolute atomic E-state index is 0.774. The van der Waals surface area contributed by atoms with Gasteiger partial charge in [0.05, 0.1) is 23.4 Å². The maximum Gasteiger partial charge on any atom is 0.138 e. The summed E-state index contributed by atoms with van der Waals surface area (Å²) in [7, 11) is 0. The smallest absolute Gasteiger partial charge is 0.138 e. The molecule has 20 heavy (non-hydrogen) atoms. The molecule has 3 rings (SSSR count). The average molecular weight is 285 g/mol. The third-order valence-electron chi connectivity index (χ3n) is 2.96. The molecule has 102 valence electrons. The number of nitrogens with zero attached hydrogens (tertiary/aromatic N) is 4. The molecule has 6 heteroatoms. The fourth-order valence-electron chi connectivity index (χ4n) is 1.93. The summed E-state index contributed by atoms with van der Waals surface area (Å²) < 4.78 is 1.95. The lowest BCUT2D eigenvalue weighted by atomic mass is 10.4. The normalized spacial score (nSPS) is 10.7. The van der Waals surface area contributed by atoms with Crippen molar-refractivity contribution in [2.75, 3.05) is 5.32 Å². The van der Waals surface area contributed by atoms with E-state index in [4.69, 9.17) is 0 Å². The van der Waals surface area contributed by atoms with Crippen molar-refractivity contribution < 1.29 is 0 Å². The van der Waals surface area contributed by atoms with Gasteiger partial charge in [-0.2, -0.15) is 0 Å². The first-order chi connectivity index (χ1) is 9.72. The van der Waals surface area contributed by atoms with Gasteiger partial charge in [-0.25, -0.2) is 15.0 Å². The highest BCUT2D eigenvalue weighted by Gasteiger charge is 2.02. The Bertz CT molecular complexity index is 698. The maximum atomic E-state index is 4.45. The fourth-order valence-corrected chi connectivity index (χ4v) is 2.66. The van der Waals surface area contributed by atoms with Gasteiger partial charge in [0, 0.05) is 23.5 Å². The number of aryl methyl sites for hydroxylation is 2. The van der Waals surface area contributed by atoms with Gasteiger partial charge in [0.25, 0.3) is 0 Å². The Labute approximate surface area is 121 Å². The van der Waals surface area contributed by atoms with Crippen molar-refractivity contribution in [2.24, 2.45) is 0 Å². The number of imidazole rings is 1. The van der Waals surface area contributed by atoms with Crippen molar-refractivity contribution in [3.05, 3.63) is 52.6 Å². The molecule has 0 unspecified atom stereocenters. The van der Waals surface area contributed by atoms with E-state index in [1.54, 1.807) is 17.5 Å². The van der Waals surface area contributed by atoms with Crippen molar-refractivity contribution in [1.82, 2.24) is 19.5 Å². The van der Waals surface area contributed by atoms with E-state index in [1.165, 1.54) is 4.88 Å². The SMILES string of the molecule is Cc1ncc(CNc2ccc(-n3ccnc3C)nc2)s1. The monoisotopic (exact) mass is 285 g/mol. The first kappa shape index (κ1) is 12.8. The molecular weight excluding hydrogens is 270 g/mol. The van der Waals surface area contributed by atoms with Crippen LogP contribution in [0.5, 0.6) is 0 Å². The standard InChI is InChI=1S/C14H15N5S/c1-10-15-5-6-19(10)14-4-3-12(7-18-14)17-9-13-8-16-11(2)20-13/h3-8,17H,9H2,1-2H3. The summed E-state index contributed by atoms with van der Waals surface area (Å²) >= 11 is 1.70. The molecule has 0 amide bonds. The molecule has 0 aliphatic rings. The number of nitrogens with one attached hydrogen (secondary N) is 1. The molecule has 0 spiro atoms. The van der Waals surface area contributed by atoms with E-state index < -0.39 is 0 Å². The topological polar surface area (TPSA) is 55.6 Å². The summed E-state index contributed by atoms with van der Waals surface area (Å²) in [5.41, 5.74) is 0.998. The summed E-state index contributed by atoms with van der Waals surface area (Å²) in [6.07, 6.45) is 7.42. The molecule has 3 aromatic heterocycles. The highest BCUT2D eigenvalue weighted by molar-refractivity contribution is 7.11. The molecule has 0 atom stereocenters. The van der Waals surface area contributed by atoms with Crippen LogP contribution in [0.25, 0.3) is 5.82 Å². The number of aromatic nitrogens is 4. The van der Waals surface area contributed by atoms with Crippen LogP contribution in [-0.4, -0.2) is 19.5 Å². The first-order valence-corrected chi connectivity index (χ1v) is 7.15. The van der Waals surface area contributed by atoms with Gasteiger partial charge in [0.15, 0.2) is 0 Å². The van der Waals surface area contributed by atoms with Crippen LogP contribution in [0.2, 0.25) is 0 Å². The molecule has 3 heterocycles. The predicted octanol–water partition coefficient (Wildman–Crippen LogP) is 2.95. The van der Waals surface area contributed by atoms with Crippen LogP contribution in [0.1, 0.15) is 15.7 Å². The third-order valence-corrected chi connectivity index (χ3v) is 3.87. The van der Waals surface area contributed by atoms with E-state index in [0.29, 0.717) is 0 Å². The van der Waals surface area contributed by atoms with Crippen LogP contribution in [-0.2, 0) is 6.54 Å². The van der Waals surface area contributed by atoms with Crippen LogP contribution in [0, 0.1) is 13.8 Å². The third kappa shape index (κ3) is 2.70. The van der Waals surface area contributed by atoms with Crippen LogP contribution in [0.4, 0.5) is 5.69 Å². The Hall–Kier alpha value is -2.21. The highest BCUT2D eigenvalue weighted by Crippen LogP contribution is 2.15. The maximum absolute atomic E-state index is 4.45. The Morgan fingerprint density at radius 3 is 2.65 bits per heavy atom. The lowest BCUT2D eigenvalue weighted by Gasteiger charge is -2.07. The van der Waals surface area contributed by atoms with E-state index in [0.717, 1.165) is 28.9 Å². The van der Waals surface area contributed by atoms with Gasteiger partial charge < -0.3 is 5.32 Å². The number of rotatable bonds is 4. The quantitative estimate of drug-likeness (QED) is 0.800. The van der Waals surface area contributed by atoms with Gasteiger partial charge >= 0.3 is 0 Å². The number of pyridine rings is 1. The van der Waals surface area contributed by atoms with Crippen LogP contribution < -0.4 is 5.32 Å². The molecule has 0 radical (unpaired) electrons. The average Bonchev–Trinajstić information content (AvgIpc) is 3.06. The molecule has 0 aliphatic carbocycles. The highest BCUT2D eigenvalue weighted by atomic mass is 32.1. The van der Waals surface area contributed by atoms with Crippen LogP contribution in [0.3, 0.4) is 0 Å². The van der Waals surface area contributed by atoms with Gasteiger partial charge in [-0.15, -0.1) is 11.3 Å². The zero-order valence-corrected chi connectivity index (χ0v) is 12.2. The van der Waals surface area contributed by atoms with Gasteiger partial charge in [-0.3, -0.25) is 4.57 Å². The fraction of sp³-hybridized carbons (Fsp3) is 0.214. The molecule has 0 saturated heterocycles. The number of hydrogen-bond acceptors (Lipinski definition) is 5. The lowest BCUT2D eigenvalue weighted by Crippen LogP contribution is -2.01. The van der Waals surface area contributed by atoms with Gasteiger partial charge in [0.1, 0.15) is 11.6 Å². The minimum Gasteiger partial charge on any atom is -0.379 e. The molecule has 0 aliphatic heterocycles. The summed E-state index contributed by atoms with van der Waals surface area (Å²) in [6, 6.07) is 4.00. The number of hydrogen-bond donors (Lipinski definition) is 1. The second-order valence-electron chi connectivity index (χ2n) is 4.45. The lowest BCUT2D eigenvalue weighted by molar-refractivity contribution is 0.932. The van der Waals surface area contributed by atoms with E-state index in [2.05, 4.69) is 20.3 Å². The second kappa shape index (κ2) is 5.42. The summed E-state index contributed by atoms with van der Waals surface area (Å²) in [6.45, 7) is 4.74. The summed E-state index contributed by atoms with van der Waals surface area (Å²) in [4.78, 5) is 14.1. The Balaban J connectivity index is 1.69. The zero-order valence-electron chi connectivity index (χ0n) is 11.4. The Kier molecular flexibility index (Phi) is 3.47. The molecule has 0 bridgehead atoms. The molecule has 0 aromatic carbocycles. The number of anilines is 1. The summed E-state index contributed by atoms with van der Waals surface area (Å²) in [5.74, 6) is 1.80.